The van der Waals surface area contributed by atoms with E-state index in [4.69, 9.17) is 4.74 Å². The van der Waals surface area contributed by atoms with Gasteiger partial charge in [-0.15, -0.1) is 0 Å². The molecule has 0 N–H and O–H groups in total. The van der Waals surface area contributed by atoms with Crippen molar-refractivity contribution in [2.24, 2.45) is 0 Å². The van der Waals surface area contributed by atoms with Crippen LogP contribution < -0.4 is 0 Å². The van der Waals surface area contributed by atoms with Gasteiger partial charge in [0.1, 0.15) is 0 Å². The summed E-state index contributed by atoms with van der Waals surface area (Å²) in [6.45, 7) is 9.41. The molecule has 1 atom stereocenters. The lowest BCUT2D eigenvalue weighted by Gasteiger charge is -2.32. The molecule has 30 heavy (non-hydrogen) atoms. The smallest absolute Gasteiger partial charge is 0.339 e. The Hall–Kier alpha value is -3.28. The molecule has 0 bridgehead atoms. The molecule has 3 aromatic rings. The molecule has 0 spiro atoms. The fourth-order valence-electron chi connectivity index (χ4n) is 3.60. The van der Waals surface area contributed by atoms with Crippen molar-refractivity contribution in [3.63, 3.8) is 0 Å². The van der Waals surface area contributed by atoms with Crippen molar-refractivity contribution in [1.82, 2.24) is 14.9 Å². The van der Waals surface area contributed by atoms with Crippen LogP contribution in [0.3, 0.4) is 0 Å². The van der Waals surface area contributed by atoms with E-state index in [1.165, 1.54) is 0 Å². The van der Waals surface area contributed by atoms with Crippen LogP contribution in [0.5, 0.6) is 0 Å². The van der Waals surface area contributed by atoms with E-state index in [2.05, 4.69) is 9.97 Å². The van der Waals surface area contributed by atoms with Gasteiger partial charge in [0.05, 0.1) is 16.8 Å². The minimum Gasteiger partial charge on any atom is -0.449 e. The highest BCUT2D eigenvalue weighted by Gasteiger charge is 2.28. The number of nitrogens with zero attached hydrogens (tertiary/aromatic N) is 3. The number of fused-ring (bicyclic) bond motifs is 1. The lowest BCUT2D eigenvalue weighted by atomic mass is 10.0. The van der Waals surface area contributed by atoms with Crippen LogP contribution in [0.1, 0.15) is 45.0 Å². The summed E-state index contributed by atoms with van der Waals surface area (Å²) in [7, 11) is 0. The van der Waals surface area contributed by atoms with Crippen LogP contribution >= 0.6 is 0 Å². The molecule has 1 amide bonds. The van der Waals surface area contributed by atoms with Crippen LogP contribution in [-0.4, -0.2) is 44.9 Å². The number of pyridine rings is 2. The Bertz CT molecular complexity index is 1040. The van der Waals surface area contributed by atoms with Gasteiger partial charge in [0.2, 0.25) is 0 Å². The second-order valence-corrected chi connectivity index (χ2v) is 7.79. The summed E-state index contributed by atoms with van der Waals surface area (Å²) in [5.74, 6) is -0.752. The number of rotatable bonds is 6. The zero-order valence-electron chi connectivity index (χ0n) is 18.0. The summed E-state index contributed by atoms with van der Waals surface area (Å²) in [4.78, 5) is 36.4. The predicted octanol–water partition coefficient (Wildman–Crippen LogP) is 4.49. The van der Waals surface area contributed by atoms with Gasteiger partial charge in [-0.3, -0.25) is 9.78 Å². The highest BCUT2D eigenvalue weighted by molar-refractivity contribution is 6.05. The molecule has 1 aromatic carbocycles. The normalized spacial score (nSPS) is 12.2. The second kappa shape index (κ2) is 9.03. The van der Waals surface area contributed by atoms with E-state index >= 15 is 0 Å². The predicted molar refractivity (Wildman–Crippen MR) is 117 cm³/mol. The van der Waals surface area contributed by atoms with E-state index in [1.54, 1.807) is 30.3 Å². The first kappa shape index (κ1) is 21.4. The molecule has 0 aliphatic heterocycles. The largest absolute Gasteiger partial charge is 0.449 e. The number of hydrogen-bond donors (Lipinski definition) is 0. The summed E-state index contributed by atoms with van der Waals surface area (Å²) in [6.07, 6.45) is 2.47. The van der Waals surface area contributed by atoms with Crippen LogP contribution in [0.25, 0.3) is 22.2 Å². The first-order valence-electron chi connectivity index (χ1n) is 10.1. The number of aromatic nitrogens is 2. The fraction of sp³-hybridized carbons (Fsp3) is 0.333. The van der Waals surface area contributed by atoms with Gasteiger partial charge in [-0.05, 0) is 58.9 Å². The van der Waals surface area contributed by atoms with Gasteiger partial charge in [-0.1, -0.05) is 18.2 Å². The van der Waals surface area contributed by atoms with E-state index < -0.39 is 12.1 Å². The highest BCUT2D eigenvalue weighted by Crippen LogP contribution is 2.25. The Morgan fingerprint density at radius 3 is 2.20 bits per heavy atom. The fourth-order valence-corrected chi connectivity index (χ4v) is 3.60. The SMILES string of the molecule is CC(OC(=O)c1cc(-c2ccncc2)nc2ccccc12)C(=O)N(C(C)C)C(C)C. The summed E-state index contributed by atoms with van der Waals surface area (Å²) in [5.41, 5.74) is 2.56. The minimum absolute atomic E-state index is 0.0127. The van der Waals surface area contributed by atoms with Gasteiger partial charge < -0.3 is 9.64 Å². The number of amides is 1. The van der Waals surface area contributed by atoms with Crippen molar-refractivity contribution >= 4 is 22.8 Å². The van der Waals surface area contributed by atoms with E-state index in [0.717, 1.165) is 5.56 Å². The van der Waals surface area contributed by atoms with Crippen molar-refractivity contribution in [3.8, 4) is 11.3 Å². The molecular formula is C24H27N3O3. The highest BCUT2D eigenvalue weighted by atomic mass is 16.5. The molecule has 2 heterocycles. The maximum Gasteiger partial charge on any atom is 0.339 e. The molecule has 0 radical (unpaired) electrons. The van der Waals surface area contributed by atoms with E-state index in [0.29, 0.717) is 22.2 Å². The Balaban J connectivity index is 1.95. The zero-order valence-corrected chi connectivity index (χ0v) is 18.0. The molecule has 0 fully saturated rings. The number of para-hydroxylation sites is 1. The summed E-state index contributed by atoms with van der Waals surface area (Å²) >= 11 is 0. The van der Waals surface area contributed by atoms with Crippen molar-refractivity contribution in [3.05, 3.63) is 60.4 Å². The first-order chi connectivity index (χ1) is 14.3. The summed E-state index contributed by atoms with van der Waals surface area (Å²) in [6, 6.07) is 12.8. The van der Waals surface area contributed by atoms with E-state index in [-0.39, 0.29) is 18.0 Å². The van der Waals surface area contributed by atoms with Gasteiger partial charge in [-0.2, -0.15) is 0 Å². The van der Waals surface area contributed by atoms with Crippen LogP contribution in [0.2, 0.25) is 0 Å². The van der Waals surface area contributed by atoms with Crippen LogP contribution in [0, 0.1) is 0 Å². The van der Waals surface area contributed by atoms with Crippen LogP contribution in [0.15, 0.2) is 54.9 Å². The minimum atomic E-state index is -0.890. The Morgan fingerprint density at radius 2 is 1.57 bits per heavy atom. The molecule has 0 aliphatic rings. The number of carbonyl (C=O) groups excluding carboxylic acids is 2. The molecule has 3 rings (SSSR count). The zero-order chi connectivity index (χ0) is 21.8. The van der Waals surface area contributed by atoms with Gasteiger partial charge in [0.25, 0.3) is 5.91 Å². The first-order valence-corrected chi connectivity index (χ1v) is 10.1. The average molecular weight is 405 g/mol. The van der Waals surface area contributed by atoms with Crippen molar-refractivity contribution in [1.29, 1.82) is 0 Å². The molecule has 0 saturated heterocycles. The standard InChI is InChI=1S/C24H27N3O3/c1-15(2)27(16(3)4)23(28)17(5)30-24(29)20-14-22(18-10-12-25-13-11-18)26-21-9-7-6-8-19(20)21/h6-17H,1-5H3. The number of esters is 1. The number of benzene rings is 1. The van der Waals surface area contributed by atoms with Gasteiger partial charge in [-0.25, -0.2) is 9.78 Å². The lowest BCUT2D eigenvalue weighted by Crippen LogP contribution is -2.47. The van der Waals surface area contributed by atoms with E-state index in [1.807, 2.05) is 64.1 Å². The molecule has 1 unspecified atom stereocenters. The quantitative estimate of drug-likeness (QED) is 0.565. The maximum absolute atomic E-state index is 13.1. The molecule has 6 nitrogen and oxygen atoms in total. The van der Waals surface area contributed by atoms with Crippen molar-refractivity contribution < 1.29 is 14.3 Å². The average Bonchev–Trinajstić information content (AvgIpc) is 2.72. The third-order valence-corrected chi connectivity index (χ3v) is 4.91. The molecule has 2 aromatic heterocycles. The van der Waals surface area contributed by atoms with Gasteiger partial charge >= 0.3 is 5.97 Å². The number of ether oxygens (including phenoxy) is 1. The number of hydrogen-bond acceptors (Lipinski definition) is 5. The molecule has 6 heteroatoms. The van der Waals surface area contributed by atoms with Gasteiger partial charge in [0, 0.05) is 35.4 Å². The Labute approximate surface area is 176 Å². The van der Waals surface area contributed by atoms with Crippen molar-refractivity contribution in [2.75, 3.05) is 0 Å². The molecular weight excluding hydrogens is 378 g/mol. The third kappa shape index (κ3) is 4.48. The lowest BCUT2D eigenvalue weighted by molar-refractivity contribution is -0.143. The summed E-state index contributed by atoms with van der Waals surface area (Å²) in [5, 5.41) is 0.685. The van der Waals surface area contributed by atoms with Crippen LogP contribution in [0.4, 0.5) is 0 Å². The topological polar surface area (TPSA) is 72.4 Å². The Kier molecular flexibility index (Phi) is 6.45. The number of carbonyl (C=O) groups is 2. The molecule has 0 aliphatic carbocycles. The maximum atomic E-state index is 13.1. The third-order valence-electron chi connectivity index (χ3n) is 4.91. The summed E-state index contributed by atoms with van der Waals surface area (Å²) < 4.78 is 5.61. The molecule has 156 valence electrons. The molecule has 0 saturated carbocycles. The monoisotopic (exact) mass is 405 g/mol. The van der Waals surface area contributed by atoms with Crippen molar-refractivity contribution in [2.45, 2.75) is 52.8 Å². The Morgan fingerprint density at radius 1 is 0.933 bits per heavy atom. The van der Waals surface area contributed by atoms with Gasteiger partial charge in [0.15, 0.2) is 6.10 Å². The second-order valence-electron chi connectivity index (χ2n) is 7.79. The van der Waals surface area contributed by atoms with Crippen LogP contribution in [-0.2, 0) is 9.53 Å². The van der Waals surface area contributed by atoms with E-state index in [9.17, 15) is 9.59 Å².